The Labute approximate surface area is 222 Å². The fourth-order valence-corrected chi connectivity index (χ4v) is 4.03. The van der Waals surface area contributed by atoms with Crippen LogP contribution in [0.15, 0.2) is 77.5 Å². The van der Waals surface area contributed by atoms with Gasteiger partial charge in [0, 0.05) is 11.4 Å². The number of imide groups is 1. The minimum atomic E-state index is -0.621. The number of hydrogen-bond donors (Lipinski definition) is 2. The molecule has 0 aromatic heterocycles. The minimum Gasteiger partial charge on any atom is -0.494 e. The predicted octanol–water partition coefficient (Wildman–Crippen LogP) is 6.01. The Kier molecular flexibility index (Phi) is 7.84. The molecule has 0 radical (unpaired) electrons. The molecule has 0 saturated carbocycles. The standard InChI is InChI=1S/C26H20Cl3N3O4/c1-2-36-19-10-8-18(9-11-19)32-25(34)23(29)24(26(32)35)31-16-5-3-15(4-6-16)13-22(33)30-17-7-12-20(27)21(28)14-17/h3-12,14,31H,2,13H2,1H3,(H,30,33). The van der Waals surface area contributed by atoms with Crippen molar-refractivity contribution in [2.24, 2.45) is 0 Å². The summed E-state index contributed by atoms with van der Waals surface area (Å²) in [5, 5.41) is 6.22. The van der Waals surface area contributed by atoms with Crippen LogP contribution in [0.25, 0.3) is 0 Å². The molecule has 1 aliphatic rings. The number of carbonyl (C=O) groups excluding carboxylic acids is 3. The van der Waals surface area contributed by atoms with Crippen molar-refractivity contribution >= 4 is 69.6 Å². The first-order valence-corrected chi connectivity index (χ1v) is 12.0. The van der Waals surface area contributed by atoms with E-state index in [1.54, 1.807) is 66.7 Å². The first kappa shape index (κ1) is 25.6. The van der Waals surface area contributed by atoms with Gasteiger partial charge >= 0.3 is 0 Å². The van der Waals surface area contributed by atoms with Gasteiger partial charge in [-0.2, -0.15) is 0 Å². The lowest BCUT2D eigenvalue weighted by Crippen LogP contribution is -2.32. The highest BCUT2D eigenvalue weighted by Gasteiger charge is 2.38. The van der Waals surface area contributed by atoms with Crippen molar-refractivity contribution < 1.29 is 19.1 Å². The minimum absolute atomic E-state index is 0.0272. The van der Waals surface area contributed by atoms with Gasteiger partial charge in [-0.05, 0) is 67.1 Å². The third kappa shape index (κ3) is 5.65. The number of hydrogen-bond acceptors (Lipinski definition) is 5. The van der Waals surface area contributed by atoms with Crippen LogP contribution in [-0.2, 0) is 20.8 Å². The summed E-state index contributed by atoms with van der Waals surface area (Å²) in [5.41, 5.74) is 2.16. The summed E-state index contributed by atoms with van der Waals surface area (Å²) in [6.45, 7) is 2.37. The van der Waals surface area contributed by atoms with Crippen LogP contribution in [0, 0.1) is 0 Å². The number of rotatable bonds is 8. The summed E-state index contributed by atoms with van der Waals surface area (Å²) in [7, 11) is 0. The van der Waals surface area contributed by atoms with Gasteiger partial charge < -0.3 is 15.4 Å². The molecule has 0 saturated heterocycles. The van der Waals surface area contributed by atoms with Gasteiger partial charge in [-0.15, -0.1) is 0 Å². The molecule has 0 spiro atoms. The first-order valence-electron chi connectivity index (χ1n) is 10.9. The zero-order chi connectivity index (χ0) is 25.8. The number of benzene rings is 3. The van der Waals surface area contributed by atoms with E-state index in [4.69, 9.17) is 39.5 Å². The van der Waals surface area contributed by atoms with Gasteiger partial charge in [0.2, 0.25) is 5.91 Å². The average Bonchev–Trinajstić information content (AvgIpc) is 3.06. The van der Waals surface area contributed by atoms with Crippen LogP contribution in [0.2, 0.25) is 10.0 Å². The monoisotopic (exact) mass is 543 g/mol. The number of amides is 3. The van der Waals surface area contributed by atoms with E-state index in [0.717, 1.165) is 10.5 Å². The Morgan fingerprint density at radius 2 is 1.53 bits per heavy atom. The van der Waals surface area contributed by atoms with E-state index >= 15 is 0 Å². The van der Waals surface area contributed by atoms with Crippen molar-refractivity contribution in [3.63, 3.8) is 0 Å². The lowest BCUT2D eigenvalue weighted by Gasteiger charge is -2.15. The van der Waals surface area contributed by atoms with Gasteiger partial charge in [0.1, 0.15) is 16.5 Å². The zero-order valence-corrected chi connectivity index (χ0v) is 21.2. The number of nitrogens with one attached hydrogen (secondary N) is 2. The van der Waals surface area contributed by atoms with Crippen molar-refractivity contribution in [2.45, 2.75) is 13.3 Å². The maximum absolute atomic E-state index is 13.0. The molecule has 0 unspecified atom stereocenters. The van der Waals surface area contributed by atoms with Gasteiger partial charge in [0.05, 0.1) is 28.8 Å². The molecule has 0 fully saturated rings. The summed E-state index contributed by atoms with van der Waals surface area (Å²) >= 11 is 18.1. The maximum Gasteiger partial charge on any atom is 0.283 e. The van der Waals surface area contributed by atoms with Crippen LogP contribution in [-0.4, -0.2) is 24.3 Å². The fourth-order valence-electron chi connectivity index (χ4n) is 3.52. The van der Waals surface area contributed by atoms with Crippen LogP contribution in [0.5, 0.6) is 5.75 Å². The molecule has 0 atom stereocenters. The lowest BCUT2D eigenvalue weighted by molar-refractivity contribution is -0.120. The van der Waals surface area contributed by atoms with Crippen LogP contribution in [0.1, 0.15) is 12.5 Å². The molecule has 7 nitrogen and oxygen atoms in total. The summed E-state index contributed by atoms with van der Waals surface area (Å²) < 4.78 is 5.40. The molecule has 3 amide bonds. The molecule has 1 aliphatic heterocycles. The number of anilines is 3. The summed E-state index contributed by atoms with van der Waals surface area (Å²) in [5.74, 6) is -0.797. The lowest BCUT2D eigenvalue weighted by atomic mass is 10.1. The van der Waals surface area contributed by atoms with Crippen LogP contribution in [0.3, 0.4) is 0 Å². The van der Waals surface area contributed by atoms with Crippen LogP contribution in [0.4, 0.5) is 17.1 Å². The van der Waals surface area contributed by atoms with Gasteiger partial charge in [0.25, 0.3) is 11.8 Å². The third-order valence-corrected chi connectivity index (χ3v) is 6.31. The molecule has 184 valence electrons. The number of halogens is 3. The Morgan fingerprint density at radius 3 is 2.17 bits per heavy atom. The summed E-state index contributed by atoms with van der Waals surface area (Å²) in [6.07, 6.45) is 0.118. The van der Waals surface area contributed by atoms with Gasteiger partial charge in [-0.3, -0.25) is 14.4 Å². The highest BCUT2D eigenvalue weighted by Crippen LogP contribution is 2.31. The van der Waals surface area contributed by atoms with Crippen LogP contribution >= 0.6 is 34.8 Å². The quantitative estimate of drug-likeness (QED) is 0.339. The fraction of sp³-hybridized carbons (Fsp3) is 0.115. The Hall–Kier alpha value is -3.52. The SMILES string of the molecule is CCOc1ccc(N2C(=O)C(Cl)=C(Nc3ccc(CC(=O)Nc4ccc(Cl)c(Cl)c4)cc3)C2=O)cc1. The van der Waals surface area contributed by atoms with Crippen molar-refractivity contribution in [2.75, 3.05) is 22.1 Å². The molecular formula is C26H20Cl3N3O4. The molecule has 4 rings (SSSR count). The van der Waals surface area contributed by atoms with E-state index in [-0.39, 0.29) is 23.1 Å². The van der Waals surface area contributed by atoms with Gasteiger partial charge in [-0.25, -0.2) is 4.90 Å². The zero-order valence-electron chi connectivity index (χ0n) is 19.0. The van der Waals surface area contributed by atoms with Crippen molar-refractivity contribution in [1.82, 2.24) is 0 Å². The van der Waals surface area contributed by atoms with E-state index < -0.39 is 11.8 Å². The second-order valence-electron chi connectivity index (χ2n) is 7.74. The van der Waals surface area contributed by atoms with Crippen LogP contribution < -0.4 is 20.3 Å². The van der Waals surface area contributed by atoms with Crippen molar-refractivity contribution in [1.29, 1.82) is 0 Å². The highest BCUT2D eigenvalue weighted by atomic mass is 35.5. The topological polar surface area (TPSA) is 87.7 Å². The smallest absolute Gasteiger partial charge is 0.283 e. The Bertz CT molecular complexity index is 1360. The molecule has 0 aliphatic carbocycles. The van der Waals surface area contributed by atoms with E-state index in [0.29, 0.717) is 39.5 Å². The molecule has 0 bridgehead atoms. The largest absolute Gasteiger partial charge is 0.494 e. The average molecular weight is 545 g/mol. The molecule has 2 N–H and O–H groups in total. The number of ether oxygens (including phenoxy) is 1. The second kappa shape index (κ2) is 11.0. The Balaban J connectivity index is 1.40. The molecule has 3 aromatic rings. The van der Waals surface area contributed by atoms with E-state index in [1.165, 1.54) is 0 Å². The molecule has 3 aromatic carbocycles. The predicted molar refractivity (Wildman–Crippen MR) is 142 cm³/mol. The second-order valence-corrected chi connectivity index (χ2v) is 8.93. The highest BCUT2D eigenvalue weighted by molar-refractivity contribution is 6.53. The number of nitrogens with zero attached hydrogens (tertiary/aromatic N) is 1. The molecule has 36 heavy (non-hydrogen) atoms. The van der Waals surface area contributed by atoms with E-state index in [2.05, 4.69) is 10.6 Å². The summed E-state index contributed by atoms with van der Waals surface area (Å²) in [4.78, 5) is 39.0. The third-order valence-electron chi connectivity index (χ3n) is 5.22. The normalized spacial score (nSPS) is 13.3. The van der Waals surface area contributed by atoms with Crippen molar-refractivity contribution in [3.05, 3.63) is 93.1 Å². The number of carbonyl (C=O) groups is 3. The first-order chi connectivity index (χ1) is 17.3. The molecule has 1 heterocycles. The molecule has 10 heteroatoms. The maximum atomic E-state index is 13.0. The van der Waals surface area contributed by atoms with Crippen molar-refractivity contribution in [3.8, 4) is 5.75 Å². The van der Waals surface area contributed by atoms with Gasteiger partial charge in [0.15, 0.2) is 0 Å². The van der Waals surface area contributed by atoms with E-state index in [9.17, 15) is 14.4 Å². The summed E-state index contributed by atoms with van der Waals surface area (Å²) in [6, 6.07) is 18.3. The van der Waals surface area contributed by atoms with E-state index in [1.807, 2.05) is 6.92 Å². The molecular weight excluding hydrogens is 525 g/mol. The van der Waals surface area contributed by atoms with Gasteiger partial charge in [-0.1, -0.05) is 46.9 Å². The Morgan fingerprint density at radius 1 is 0.861 bits per heavy atom.